The van der Waals surface area contributed by atoms with E-state index in [0.29, 0.717) is 22.1 Å². The van der Waals surface area contributed by atoms with Crippen molar-refractivity contribution < 1.29 is 57.0 Å². The van der Waals surface area contributed by atoms with Gasteiger partial charge in [0.1, 0.15) is 20.4 Å². The van der Waals surface area contributed by atoms with Crippen molar-refractivity contribution in [1.29, 1.82) is 0 Å². The van der Waals surface area contributed by atoms with E-state index in [4.69, 9.17) is 0 Å². The maximum Gasteiger partial charge on any atom is 0.296 e. The maximum atomic E-state index is 12.7. The fourth-order valence-corrected chi connectivity index (χ4v) is 10.2. The van der Waals surface area contributed by atoms with Crippen LogP contribution in [0.4, 0.5) is 45.5 Å². The number of azo groups is 3. The predicted octanol–water partition coefficient (Wildman–Crippen LogP) is 12.0. The highest BCUT2D eigenvalue weighted by atomic mass is 32.2. The zero-order chi connectivity index (χ0) is 49.8. The molecule has 0 bridgehead atoms. The zero-order valence-electron chi connectivity index (χ0n) is 35.3. The smallest absolute Gasteiger partial charge is 0.296 e. The van der Waals surface area contributed by atoms with E-state index >= 15 is 0 Å². The molecule has 0 aliphatic carbocycles. The Morgan fingerprint density at radius 2 is 0.886 bits per heavy atom. The number of phenols is 1. The number of anilines is 2. The van der Waals surface area contributed by atoms with Gasteiger partial charge in [-0.2, -0.15) is 38.8 Å². The number of hydrogen-bond acceptors (Lipinski definition) is 16. The molecule has 0 unspecified atom stereocenters. The van der Waals surface area contributed by atoms with Gasteiger partial charge in [-0.05, 0) is 96.4 Å². The number of nitrogens with zero attached hydrogens (tertiary/aromatic N) is 6. The van der Waals surface area contributed by atoms with Crippen LogP contribution in [0.2, 0.25) is 0 Å². The highest BCUT2D eigenvalue weighted by Crippen LogP contribution is 2.44. The van der Waals surface area contributed by atoms with Crippen molar-refractivity contribution in [3.8, 4) is 5.75 Å². The number of para-hydroxylation sites is 1. The van der Waals surface area contributed by atoms with Gasteiger partial charge in [-0.15, -0.1) is 25.6 Å². The lowest BCUT2D eigenvalue weighted by molar-refractivity contribution is 0.472. The average molecular weight is 1020 g/mol. The lowest BCUT2D eigenvalue weighted by Gasteiger charge is -2.12. The second kappa shape index (κ2) is 17.9. The van der Waals surface area contributed by atoms with E-state index in [1.807, 2.05) is 30.3 Å². The molecule has 0 saturated carbocycles. The Labute approximate surface area is 397 Å². The number of rotatable bonds is 12. The lowest BCUT2D eigenvalue weighted by atomic mass is 10.1. The molecule has 0 spiro atoms. The standard InChI is InChI=1S/C46H31N7O13S4/c54-46-31-15-13-28(47-27-7-2-1-3-8-27)21-26(31)22-44(70(64,65)66)45(46)53-52-41-20-19-40(34-16-14-30(25-36(34)41)67(55,56)57)51-50-39-18-17-38(32-9-4-5-10-33(32)39)49-48-29-23-37-35(43(24-29)69(61,62)63)11-6-12-42(37)68(58,59)60/h1-25,47,54H,(H,55,56,57)(H,58,59,60)(H,61,62,63)(H,64,65,66). The molecule has 0 fully saturated rings. The van der Waals surface area contributed by atoms with Crippen LogP contribution in [-0.2, 0) is 40.5 Å². The Hall–Kier alpha value is -7.94. The second-order valence-electron chi connectivity index (χ2n) is 15.3. The van der Waals surface area contributed by atoms with Crippen molar-refractivity contribution in [3.05, 3.63) is 152 Å². The molecule has 0 aromatic heterocycles. The van der Waals surface area contributed by atoms with Crippen molar-refractivity contribution in [2.75, 3.05) is 5.32 Å². The molecule has 9 aromatic rings. The first-order chi connectivity index (χ1) is 33.1. The van der Waals surface area contributed by atoms with Crippen LogP contribution in [0.15, 0.2) is 202 Å². The number of benzene rings is 9. The fraction of sp³-hybridized carbons (Fsp3) is 0. The van der Waals surface area contributed by atoms with Crippen LogP contribution in [0.3, 0.4) is 0 Å². The van der Waals surface area contributed by atoms with E-state index < -0.39 is 71.5 Å². The van der Waals surface area contributed by atoms with Crippen LogP contribution < -0.4 is 5.32 Å². The second-order valence-corrected chi connectivity index (χ2v) is 20.8. The summed E-state index contributed by atoms with van der Waals surface area (Å²) < 4.78 is 139. The Bertz CT molecular complexity index is 4230. The third-order valence-electron chi connectivity index (χ3n) is 10.8. The SMILES string of the molecule is O=S(=O)(O)c1ccc2c(N=Nc3ccc(N=Nc4cc(S(=O)(=O)O)c5cccc(S(=O)(=O)O)c5c4)c4ccccc34)ccc(N=Nc3c(S(=O)(=O)O)cc4cc(Nc5ccccc5)ccc4c3O)c2c1. The predicted molar refractivity (Wildman–Crippen MR) is 259 cm³/mol. The van der Waals surface area contributed by atoms with E-state index in [1.54, 1.807) is 36.4 Å². The van der Waals surface area contributed by atoms with Gasteiger partial charge in [-0.3, -0.25) is 18.2 Å². The third kappa shape index (κ3) is 9.56. The van der Waals surface area contributed by atoms with E-state index in [2.05, 4.69) is 36.0 Å². The largest absolute Gasteiger partial charge is 0.505 e. The summed E-state index contributed by atoms with van der Waals surface area (Å²) in [7, 11) is -19.6. The van der Waals surface area contributed by atoms with E-state index in [0.717, 1.165) is 36.0 Å². The van der Waals surface area contributed by atoms with Gasteiger partial charge in [0.25, 0.3) is 40.5 Å². The highest BCUT2D eigenvalue weighted by molar-refractivity contribution is 7.87. The number of hydrogen-bond donors (Lipinski definition) is 6. The molecule has 24 heteroatoms. The molecule has 6 N–H and O–H groups in total. The van der Waals surface area contributed by atoms with Crippen molar-refractivity contribution in [2.24, 2.45) is 30.7 Å². The Morgan fingerprint density at radius 1 is 0.357 bits per heavy atom. The molecular weight excluding hydrogens is 987 g/mol. The quantitative estimate of drug-likeness (QED) is 0.0490. The Kier molecular flexibility index (Phi) is 12.0. The molecule has 70 heavy (non-hydrogen) atoms. The van der Waals surface area contributed by atoms with Gasteiger partial charge < -0.3 is 10.4 Å². The summed E-state index contributed by atoms with van der Waals surface area (Å²) in [5, 5.41) is 41.2. The third-order valence-corrected chi connectivity index (χ3v) is 14.3. The van der Waals surface area contributed by atoms with Crippen LogP contribution in [0.25, 0.3) is 43.1 Å². The van der Waals surface area contributed by atoms with Crippen molar-refractivity contribution >= 4 is 129 Å². The topological polar surface area (TPSA) is 324 Å². The number of nitrogens with one attached hydrogen (secondary N) is 1. The van der Waals surface area contributed by atoms with Crippen molar-refractivity contribution in [1.82, 2.24) is 0 Å². The van der Waals surface area contributed by atoms with Crippen LogP contribution in [-0.4, -0.2) is 57.0 Å². The average Bonchev–Trinajstić information content (AvgIpc) is 3.31. The van der Waals surface area contributed by atoms with Gasteiger partial charge in [0.2, 0.25) is 0 Å². The van der Waals surface area contributed by atoms with E-state index in [9.17, 15) is 57.0 Å². The summed E-state index contributed by atoms with van der Waals surface area (Å²) >= 11 is 0. The molecule has 0 amide bonds. The molecule has 0 radical (unpaired) electrons. The minimum absolute atomic E-state index is 0.0378. The molecule has 0 aliphatic heterocycles. The van der Waals surface area contributed by atoms with Crippen molar-refractivity contribution in [2.45, 2.75) is 19.6 Å². The molecular formula is C46H31N7O13S4. The molecule has 9 rings (SSSR count). The molecule has 352 valence electrons. The van der Waals surface area contributed by atoms with Gasteiger partial charge in [0.05, 0.1) is 33.3 Å². The molecule has 0 aliphatic rings. The maximum absolute atomic E-state index is 12.7. The van der Waals surface area contributed by atoms with Gasteiger partial charge >= 0.3 is 0 Å². The summed E-state index contributed by atoms with van der Waals surface area (Å²) in [5.41, 5.74) is 1.09. The van der Waals surface area contributed by atoms with Crippen LogP contribution in [0, 0.1) is 0 Å². The summed E-state index contributed by atoms with van der Waals surface area (Å²) in [5.74, 6) is -0.637. The van der Waals surface area contributed by atoms with Crippen LogP contribution in [0.1, 0.15) is 0 Å². The van der Waals surface area contributed by atoms with Crippen LogP contribution >= 0.6 is 0 Å². The van der Waals surface area contributed by atoms with Crippen LogP contribution in [0.5, 0.6) is 5.75 Å². The van der Waals surface area contributed by atoms with Crippen molar-refractivity contribution in [3.63, 3.8) is 0 Å². The lowest BCUT2D eigenvalue weighted by Crippen LogP contribution is -2.03. The van der Waals surface area contributed by atoms with Gasteiger partial charge in [0, 0.05) is 49.1 Å². The summed E-state index contributed by atoms with van der Waals surface area (Å²) in [6.07, 6.45) is 0. The number of aromatic hydroxyl groups is 1. The Morgan fingerprint density at radius 3 is 1.49 bits per heavy atom. The van der Waals surface area contributed by atoms with Gasteiger partial charge in [-0.1, -0.05) is 60.7 Å². The minimum Gasteiger partial charge on any atom is -0.505 e. The van der Waals surface area contributed by atoms with Gasteiger partial charge in [0.15, 0.2) is 5.75 Å². The fourth-order valence-electron chi connectivity index (χ4n) is 7.61. The first kappa shape index (κ1) is 47.1. The molecule has 20 nitrogen and oxygen atoms in total. The number of phenolic OH excluding ortho intramolecular Hbond substituents is 1. The minimum atomic E-state index is -5.03. The highest BCUT2D eigenvalue weighted by Gasteiger charge is 2.24. The zero-order valence-corrected chi connectivity index (χ0v) is 38.5. The molecule has 9 aromatic carbocycles. The monoisotopic (exact) mass is 1020 g/mol. The summed E-state index contributed by atoms with van der Waals surface area (Å²) in [6, 6.07) is 36.7. The van der Waals surface area contributed by atoms with E-state index in [1.165, 1.54) is 54.6 Å². The first-order valence-corrected chi connectivity index (χ1v) is 25.8. The number of fused-ring (bicyclic) bond motifs is 4. The molecule has 0 heterocycles. The summed E-state index contributed by atoms with van der Waals surface area (Å²) in [6.45, 7) is 0. The van der Waals surface area contributed by atoms with E-state index in [-0.39, 0.29) is 55.1 Å². The normalized spacial score (nSPS) is 12.9. The summed E-state index contributed by atoms with van der Waals surface area (Å²) in [4.78, 5) is -2.61. The molecule has 0 atom stereocenters. The first-order valence-electron chi connectivity index (χ1n) is 20.1. The molecule has 0 saturated heterocycles. The Balaban J connectivity index is 1.09. The van der Waals surface area contributed by atoms with Gasteiger partial charge in [-0.25, -0.2) is 0 Å².